The van der Waals surface area contributed by atoms with Crippen LogP contribution in [0.1, 0.15) is 45.2 Å². The third-order valence-electron chi connectivity index (χ3n) is 4.07. The van der Waals surface area contributed by atoms with E-state index in [0.29, 0.717) is 12.1 Å². The number of nitrogens with zero attached hydrogens (tertiary/aromatic N) is 1. The molecule has 0 radical (unpaired) electrons. The number of benzene rings is 1. The summed E-state index contributed by atoms with van der Waals surface area (Å²) < 4.78 is 0. The summed E-state index contributed by atoms with van der Waals surface area (Å²) in [4.78, 5) is 2.66. The first kappa shape index (κ1) is 14.5. The van der Waals surface area contributed by atoms with E-state index in [9.17, 15) is 0 Å². The van der Waals surface area contributed by atoms with Crippen molar-refractivity contribution in [3.05, 3.63) is 35.9 Å². The van der Waals surface area contributed by atoms with Crippen LogP contribution in [-0.4, -0.2) is 30.6 Å². The Morgan fingerprint density at radius 2 is 1.95 bits per heavy atom. The lowest BCUT2D eigenvalue weighted by Crippen LogP contribution is -2.38. The lowest BCUT2D eigenvalue weighted by Gasteiger charge is -2.31. The summed E-state index contributed by atoms with van der Waals surface area (Å²) in [6.45, 7) is 10.5. The summed E-state index contributed by atoms with van der Waals surface area (Å²) >= 11 is 0. The Morgan fingerprint density at radius 3 is 2.63 bits per heavy atom. The van der Waals surface area contributed by atoms with Gasteiger partial charge in [0.2, 0.25) is 0 Å². The zero-order valence-electron chi connectivity index (χ0n) is 12.6. The molecule has 1 fully saturated rings. The number of rotatable bonds is 4. The van der Waals surface area contributed by atoms with Gasteiger partial charge in [-0.3, -0.25) is 4.90 Å². The highest BCUT2D eigenvalue weighted by molar-refractivity contribution is 5.19. The zero-order valence-corrected chi connectivity index (χ0v) is 12.6. The molecular formula is C17H28N2. The molecule has 2 heteroatoms. The van der Waals surface area contributed by atoms with E-state index in [0.717, 1.165) is 19.0 Å². The largest absolute Gasteiger partial charge is 0.309 e. The molecule has 1 aromatic carbocycles. The van der Waals surface area contributed by atoms with Gasteiger partial charge in [0, 0.05) is 18.6 Å². The second kappa shape index (κ2) is 7.06. The maximum absolute atomic E-state index is 3.69. The molecule has 0 bridgehead atoms. The maximum atomic E-state index is 3.69. The molecule has 0 amide bonds. The van der Waals surface area contributed by atoms with Crippen LogP contribution in [0.3, 0.4) is 0 Å². The van der Waals surface area contributed by atoms with Crippen molar-refractivity contribution < 1.29 is 0 Å². The van der Waals surface area contributed by atoms with Crippen molar-refractivity contribution in [2.24, 2.45) is 5.92 Å². The van der Waals surface area contributed by atoms with Gasteiger partial charge in [-0.2, -0.15) is 0 Å². The minimum atomic E-state index is 0.485. The number of hydrogen-bond acceptors (Lipinski definition) is 2. The molecule has 2 unspecified atom stereocenters. The first-order chi connectivity index (χ1) is 9.16. The van der Waals surface area contributed by atoms with Crippen LogP contribution in [-0.2, 0) is 0 Å². The van der Waals surface area contributed by atoms with E-state index in [2.05, 4.69) is 61.3 Å². The average Bonchev–Trinajstić information content (AvgIpc) is 2.65. The van der Waals surface area contributed by atoms with Crippen molar-refractivity contribution in [1.29, 1.82) is 0 Å². The van der Waals surface area contributed by atoms with Gasteiger partial charge in [-0.05, 0) is 44.3 Å². The van der Waals surface area contributed by atoms with Gasteiger partial charge in [0.05, 0.1) is 0 Å². The predicted molar refractivity (Wildman–Crippen MR) is 82.3 cm³/mol. The predicted octanol–water partition coefficient (Wildman–Crippen LogP) is 3.46. The van der Waals surface area contributed by atoms with Gasteiger partial charge in [-0.1, -0.05) is 44.2 Å². The van der Waals surface area contributed by atoms with Gasteiger partial charge >= 0.3 is 0 Å². The summed E-state index contributed by atoms with van der Waals surface area (Å²) in [5.41, 5.74) is 1.42. The van der Waals surface area contributed by atoms with E-state index in [-0.39, 0.29) is 0 Å². The molecule has 1 N–H and O–H groups in total. The molecule has 1 heterocycles. The van der Waals surface area contributed by atoms with E-state index >= 15 is 0 Å². The van der Waals surface area contributed by atoms with Crippen molar-refractivity contribution >= 4 is 0 Å². The van der Waals surface area contributed by atoms with Crippen molar-refractivity contribution in [2.75, 3.05) is 19.6 Å². The van der Waals surface area contributed by atoms with Gasteiger partial charge in [0.15, 0.2) is 0 Å². The minimum absolute atomic E-state index is 0.485. The second-order valence-corrected chi connectivity index (χ2v) is 6.24. The zero-order chi connectivity index (χ0) is 13.7. The molecule has 0 aliphatic carbocycles. The fourth-order valence-corrected chi connectivity index (χ4v) is 3.09. The highest BCUT2D eigenvalue weighted by atomic mass is 15.2. The van der Waals surface area contributed by atoms with Crippen LogP contribution >= 0.6 is 0 Å². The molecule has 0 spiro atoms. The Balaban J connectivity index is 2.02. The number of nitrogens with one attached hydrogen (secondary N) is 1. The van der Waals surface area contributed by atoms with Crippen LogP contribution < -0.4 is 5.32 Å². The van der Waals surface area contributed by atoms with Crippen molar-refractivity contribution in [1.82, 2.24) is 10.2 Å². The Kier molecular flexibility index (Phi) is 5.41. The van der Waals surface area contributed by atoms with Crippen LogP contribution in [0.25, 0.3) is 0 Å². The topological polar surface area (TPSA) is 15.3 Å². The molecule has 1 aromatic rings. The molecule has 0 aromatic heterocycles. The van der Waals surface area contributed by atoms with E-state index in [1.54, 1.807) is 0 Å². The quantitative estimate of drug-likeness (QED) is 0.892. The average molecular weight is 260 g/mol. The first-order valence-electron chi connectivity index (χ1n) is 7.69. The normalized spacial score (nSPS) is 23.3. The molecule has 0 saturated carbocycles. The summed E-state index contributed by atoms with van der Waals surface area (Å²) in [7, 11) is 0. The van der Waals surface area contributed by atoms with Gasteiger partial charge < -0.3 is 5.32 Å². The Morgan fingerprint density at radius 1 is 1.21 bits per heavy atom. The SMILES string of the molecule is CC(C)CC(C)N1CCCNC(c2ccccc2)C1. The molecule has 2 nitrogen and oxygen atoms in total. The third kappa shape index (κ3) is 4.32. The van der Waals surface area contributed by atoms with Crippen LogP contribution in [0.5, 0.6) is 0 Å². The smallest absolute Gasteiger partial charge is 0.0449 e. The summed E-state index contributed by atoms with van der Waals surface area (Å²) in [6.07, 6.45) is 2.55. The first-order valence-corrected chi connectivity index (χ1v) is 7.69. The van der Waals surface area contributed by atoms with Gasteiger partial charge in [0.25, 0.3) is 0 Å². The molecule has 1 saturated heterocycles. The molecule has 2 atom stereocenters. The highest BCUT2D eigenvalue weighted by Crippen LogP contribution is 2.20. The standard InChI is InChI=1S/C17H28N2/c1-14(2)12-15(3)19-11-7-10-18-17(13-19)16-8-5-4-6-9-16/h4-6,8-9,14-15,17-18H,7,10-13H2,1-3H3. The van der Waals surface area contributed by atoms with Crippen molar-refractivity contribution in [3.8, 4) is 0 Å². The fourth-order valence-electron chi connectivity index (χ4n) is 3.09. The van der Waals surface area contributed by atoms with Crippen LogP contribution in [0.15, 0.2) is 30.3 Å². The van der Waals surface area contributed by atoms with Gasteiger partial charge in [0.1, 0.15) is 0 Å². The fraction of sp³-hybridized carbons (Fsp3) is 0.647. The van der Waals surface area contributed by atoms with Crippen LogP contribution in [0.4, 0.5) is 0 Å². The minimum Gasteiger partial charge on any atom is -0.309 e. The molecule has 19 heavy (non-hydrogen) atoms. The van der Waals surface area contributed by atoms with Crippen LogP contribution in [0.2, 0.25) is 0 Å². The van der Waals surface area contributed by atoms with Gasteiger partial charge in [-0.15, -0.1) is 0 Å². The molecule has 1 aliphatic rings. The Bertz CT molecular complexity index is 361. The van der Waals surface area contributed by atoms with E-state index in [1.165, 1.54) is 24.9 Å². The molecule has 1 aliphatic heterocycles. The number of hydrogen-bond donors (Lipinski definition) is 1. The molecule has 2 rings (SSSR count). The Labute approximate surface area is 118 Å². The summed E-state index contributed by atoms with van der Waals surface area (Å²) in [6, 6.07) is 12.0. The van der Waals surface area contributed by atoms with Crippen LogP contribution in [0, 0.1) is 5.92 Å². The van der Waals surface area contributed by atoms with Crippen molar-refractivity contribution in [3.63, 3.8) is 0 Å². The monoisotopic (exact) mass is 260 g/mol. The lowest BCUT2D eigenvalue weighted by molar-refractivity contribution is 0.183. The molecular weight excluding hydrogens is 232 g/mol. The highest BCUT2D eigenvalue weighted by Gasteiger charge is 2.22. The van der Waals surface area contributed by atoms with E-state index in [4.69, 9.17) is 0 Å². The third-order valence-corrected chi connectivity index (χ3v) is 4.07. The maximum Gasteiger partial charge on any atom is 0.0449 e. The second-order valence-electron chi connectivity index (χ2n) is 6.24. The lowest BCUT2D eigenvalue weighted by atomic mass is 10.0. The van der Waals surface area contributed by atoms with E-state index in [1.807, 2.05) is 0 Å². The van der Waals surface area contributed by atoms with E-state index < -0.39 is 0 Å². The summed E-state index contributed by atoms with van der Waals surface area (Å²) in [5.74, 6) is 0.779. The summed E-state index contributed by atoms with van der Waals surface area (Å²) in [5, 5.41) is 3.69. The van der Waals surface area contributed by atoms with Gasteiger partial charge in [-0.25, -0.2) is 0 Å². The molecule has 106 valence electrons. The van der Waals surface area contributed by atoms with Crippen molar-refractivity contribution in [2.45, 2.75) is 45.7 Å². The Hall–Kier alpha value is -0.860.